The van der Waals surface area contributed by atoms with Gasteiger partial charge in [0, 0.05) is 131 Å². The SMILES string of the molecule is CC(C)(C)OC(=O)N1C(=O)C2(CCCCC2)n2c(cc3cnc(Cl)nc32)N1C(=O)OC(C)(C)C.CC(C)(C)OO.CS(=N)(=O)c1ccc(N)cc1.CS(=N)(=O)c1ccc(Nc2ncc3cc4n(c3n2)C2(CCCCC2)C(=O)NN4)cc1.CS(=N)(=O)c1ccc([N+](=O)[O-])cc1.CS(=O)c1ccc([N+](=O)[O-])cc1.CSc1ccc([N+](=O)[O-])cc1.ClC(Cl)(Cl)Cl. The Morgan fingerprint density at radius 1 is 0.590 bits per heavy atom. The fourth-order valence-electron chi connectivity index (χ4n) is 12.0. The van der Waals surface area contributed by atoms with Crippen LogP contribution >= 0.6 is 69.8 Å². The van der Waals surface area contributed by atoms with E-state index in [1.165, 1.54) is 91.9 Å². The number of carbonyl (C=O) groups excluding carboxylic acids is 4. The number of fused-ring (bicyclic) bond motifs is 8. The molecule has 0 bridgehead atoms. The van der Waals surface area contributed by atoms with E-state index < -0.39 is 104 Å². The number of carbonyl (C=O) groups is 4. The highest BCUT2D eigenvalue weighted by atomic mass is 35.6. The largest absolute Gasteiger partial charge is 0.442 e. The van der Waals surface area contributed by atoms with Gasteiger partial charge in [-0.15, -0.1) is 16.8 Å². The first-order valence-corrected chi connectivity index (χ1v) is 47.2. The van der Waals surface area contributed by atoms with Crippen molar-refractivity contribution in [1.29, 1.82) is 14.3 Å². The van der Waals surface area contributed by atoms with Crippen molar-refractivity contribution in [2.75, 3.05) is 52.8 Å². The van der Waals surface area contributed by atoms with Gasteiger partial charge in [-0.3, -0.25) is 69.4 Å². The van der Waals surface area contributed by atoms with Crippen molar-refractivity contribution in [3.05, 3.63) is 181 Å². The number of nitro benzene ring substituents is 3. The van der Waals surface area contributed by atoms with Gasteiger partial charge < -0.3 is 20.5 Å². The van der Waals surface area contributed by atoms with Crippen LogP contribution in [0.3, 0.4) is 0 Å². The lowest BCUT2D eigenvalue weighted by Gasteiger charge is -2.48. The van der Waals surface area contributed by atoms with Crippen LogP contribution in [0, 0.1) is 44.7 Å². The van der Waals surface area contributed by atoms with Crippen LogP contribution in [0.15, 0.2) is 170 Å². The van der Waals surface area contributed by atoms with E-state index in [2.05, 4.69) is 36.0 Å². The Kier molecular flexibility index (Phi) is 34.9. The molecule has 6 heterocycles. The van der Waals surface area contributed by atoms with Gasteiger partial charge in [-0.2, -0.15) is 15.0 Å². The Bertz CT molecular complexity index is 5570. The average molecular weight is 1890 g/mol. The second-order valence-corrected chi connectivity index (χ2v) is 43.0. The van der Waals surface area contributed by atoms with Gasteiger partial charge in [0.2, 0.25) is 11.2 Å². The number of hydrogen-bond acceptors (Lipinski definition) is 29. The maximum Gasteiger partial charge on any atom is 0.437 e. The quantitative estimate of drug-likeness (QED) is 0.0120. The minimum absolute atomic E-state index is 0.0178. The molecule has 4 aromatic heterocycles. The molecule has 5 aromatic carbocycles. The molecule has 46 heteroatoms. The number of ether oxygens (including phenoxy) is 2. The lowest BCUT2D eigenvalue weighted by Crippen LogP contribution is -2.66. The molecule has 9 aromatic rings. The highest BCUT2D eigenvalue weighted by Crippen LogP contribution is 2.48. The van der Waals surface area contributed by atoms with Gasteiger partial charge in [-0.1, -0.05) is 84.9 Å². The molecule has 0 radical (unpaired) electrons. The molecule has 2 spiro atoms. The number of anilines is 5. The van der Waals surface area contributed by atoms with Gasteiger partial charge >= 0.3 is 12.2 Å². The topological polar surface area (TPSA) is 515 Å². The molecule has 2 fully saturated rings. The van der Waals surface area contributed by atoms with Gasteiger partial charge in [0.05, 0.1) is 49.6 Å². The zero-order valence-electron chi connectivity index (χ0n) is 68.7. The van der Waals surface area contributed by atoms with E-state index in [9.17, 15) is 66.4 Å². The Balaban J connectivity index is 0.000000235. The molecule has 0 saturated heterocycles. The number of imide groups is 1. The standard InChI is InChI=1S/C23H30ClN5O5.C20H23N7O2S.C7H8N2O3S.C7H10N2OS.C7H7NO3S.C7H7NO2S.C4H10O2.CCl4/c1-21(2,3)33-19(31)28-15-12-14-13-25-18(24)26-16(14)27(15)23(10-8-7-9-11-23)17(30)29(28)20(32)34-22(4,5)6;1-30(21,29)15-7-5-14(6-8-15)23-19-22-12-13-11-16-25-26-18(28)20(9-3-2-4-10-20)27(16)17(13)24-19;1-13(8,12)7-4-2-6(3-5-7)9(10)11;1-11(9,10)7-4-2-6(8)3-5-7;1-12(11)7-4-2-6(3-5-7)8(9)10;1-11-7-4-2-6(3-5-7)8(9)10;1-4(2,3)6-5;2-1(3,4)5/h12-13H,7-11H2,1-6H3;5-8,11-12,21,25H,2-4,9-10H2,1H3,(H,26,28)(H,22,23,24);2-5,8H,1H3;2-5,9H,8H2,1H3;2-5H,1H3;2-5H,1H3;5H,1-3H3;. The van der Waals surface area contributed by atoms with E-state index in [-0.39, 0.29) is 34.1 Å². The number of hydrogen-bond donors (Lipinski definition) is 8. The number of nitrogens with zero attached hydrogens (tertiary/aromatic N) is 11. The maximum absolute atomic E-state index is 14.2. The minimum atomic E-state index is -2.77. The Labute approximate surface area is 737 Å². The molecule has 2 aliphatic carbocycles. The third kappa shape index (κ3) is 29.3. The second kappa shape index (κ2) is 42.1. The van der Waals surface area contributed by atoms with E-state index in [1.54, 1.807) is 152 Å². The number of non-ortho nitro benzene ring substituents is 3. The van der Waals surface area contributed by atoms with E-state index >= 15 is 0 Å². The zero-order chi connectivity index (χ0) is 91.6. The summed E-state index contributed by atoms with van der Waals surface area (Å²) in [6, 6.07) is 34.3. The van der Waals surface area contributed by atoms with Crippen molar-refractivity contribution in [2.24, 2.45) is 0 Å². The summed E-state index contributed by atoms with van der Waals surface area (Å²) in [5.74, 6) is 0.918. The van der Waals surface area contributed by atoms with Crippen molar-refractivity contribution < 1.29 is 70.4 Å². The molecule has 4 atom stereocenters. The van der Waals surface area contributed by atoms with Gasteiger partial charge in [0.1, 0.15) is 45.2 Å². The van der Waals surface area contributed by atoms with Crippen molar-refractivity contribution in [3.63, 3.8) is 0 Å². The number of nitrogen functional groups attached to an aromatic ring is 1. The summed E-state index contributed by atoms with van der Waals surface area (Å²) in [5, 5.41) is 44.9. The van der Waals surface area contributed by atoms with Crippen molar-refractivity contribution in [1.82, 2.24) is 39.5 Å². The third-order valence-corrected chi connectivity index (χ3v) is 22.8. The molecule has 36 nitrogen and oxygen atoms in total. The predicted octanol–water partition coefficient (Wildman–Crippen LogP) is 18.9. The van der Waals surface area contributed by atoms with Crippen LogP contribution in [0.2, 0.25) is 5.28 Å². The third-order valence-electron chi connectivity index (χ3n) is 17.4. The number of thioether (sulfide) groups is 1. The van der Waals surface area contributed by atoms with Crippen LogP contribution in [0.4, 0.5) is 55.6 Å². The van der Waals surface area contributed by atoms with Crippen LogP contribution in [-0.2, 0) is 75.0 Å². The van der Waals surface area contributed by atoms with Gasteiger partial charge in [0.15, 0.2) is 0 Å². The van der Waals surface area contributed by atoms with E-state index in [1.807, 2.05) is 16.9 Å². The number of rotatable bonds is 10. The number of hydrazine groups is 2. The minimum Gasteiger partial charge on any atom is -0.442 e. The van der Waals surface area contributed by atoms with Crippen LogP contribution in [0.1, 0.15) is 127 Å². The molecule has 662 valence electrons. The first-order chi connectivity index (χ1) is 56.4. The van der Waals surface area contributed by atoms with Crippen molar-refractivity contribution in [2.45, 2.75) is 182 Å². The molecule has 122 heavy (non-hydrogen) atoms. The summed E-state index contributed by atoms with van der Waals surface area (Å²) in [4.78, 5) is 108. The van der Waals surface area contributed by atoms with Crippen molar-refractivity contribution >= 4 is 202 Å². The Morgan fingerprint density at radius 3 is 1.39 bits per heavy atom. The Morgan fingerprint density at radius 2 is 0.975 bits per heavy atom. The highest BCUT2D eigenvalue weighted by molar-refractivity contribution is 7.98. The van der Waals surface area contributed by atoms with Gasteiger partial charge in [0.25, 0.3) is 32.1 Å². The number of aromatic nitrogens is 6. The normalized spacial score (nSPS) is 16.1. The predicted molar refractivity (Wildman–Crippen MR) is 474 cm³/mol. The molecule has 4 amide bonds. The summed E-state index contributed by atoms with van der Waals surface area (Å²) in [6.45, 7) is 15.5. The number of nitrogens with one attached hydrogen (secondary N) is 6. The number of nitro groups is 3. The summed E-state index contributed by atoms with van der Waals surface area (Å²) in [7, 11) is -9.17. The smallest absolute Gasteiger partial charge is 0.437 e. The van der Waals surface area contributed by atoms with E-state index in [0.29, 0.717) is 60.7 Å². The first-order valence-electron chi connectivity index (χ1n) is 36.7. The molecule has 4 aliphatic rings. The summed E-state index contributed by atoms with van der Waals surface area (Å²) in [6.07, 6.45) is 17.1. The van der Waals surface area contributed by atoms with E-state index in [4.69, 9.17) is 97.8 Å². The molecule has 2 saturated carbocycles. The van der Waals surface area contributed by atoms with Gasteiger partial charge in [-0.05, 0) is 203 Å². The summed E-state index contributed by atoms with van der Waals surface area (Å²) in [5.41, 5.74) is 9.90. The van der Waals surface area contributed by atoms with Crippen LogP contribution in [0.25, 0.3) is 22.1 Å². The number of amides is 4. The number of halogens is 5. The molecular weight excluding hydrogens is 1790 g/mol. The number of alkyl halides is 4. The fourth-order valence-corrected chi connectivity index (χ4v) is 15.0. The molecule has 2 aliphatic heterocycles. The molecule has 9 N–H and O–H groups in total. The average Bonchev–Trinajstić information content (AvgIpc) is 1.50. The summed E-state index contributed by atoms with van der Waals surface area (Å²) < 4.78 is 80.4. The lowest BCUT2D eigenvalue weighted by molar-refractivity contribution is -0.385. The lowest BCUT2D eigenvalue weighted by atomic mass is 9.79. The Hall–Kier alpha value is -9.66. The van der Waals surface area contributed by atoms with Gasteiger partial charge in [-0.25, -0.2) is 51.4 Å². The molecule has 13 rings (SSSR count). The first kappa shape index (κ1) is 101. The fraction of sp³-hybridized carbons (Fsp3) is 0.395. The van der Waals surface area contributed by atoms with Crippen LogP contribution < -0.4 is 26.9 Å². The van der Waals surface area contributed by atoms with Crippen LogP contribution in [-0.4, -0.2) is 146 Å². The highest BCUT2D eigenvalue weighted by Gasteiger charge is 2.57. The van der Waals surface area contributed by atoms with Crippen molar-refractivity contribution in [3.8, 4) is 0 Å². The maximum atomic E-state index is 14.2. The number of nitrogens with two attached hydrogens (primary N) is 1. The zero-order valence-corrected chi connectivity index (χ0v) is 76.6. The molecular formula is C76H95Cl5N18O18S5. The molecule has 4 unspecified atom stereocenters. The van der Waals surface area contributed by atoms with E-state index in [0.717, 1.165) is 83.2 Å². The van der Waals surface area contributed by atoms with Crippen LogP contribution in [0.5, 0.6) is 0 Å². The monoisotopic (exact) mass is 1880 g/mol. The summed E-state index contributed by atoms with van der Waals surface area (Å²) >= 11 is 27.0. The second-order valence-electron chi connectivity index (χ2n) is 30.5. The number of benzene rings is 5.